The van der Waals surface area contributed by atoms with E-state index in [4.69, 9.17) is 14.2 Å². The summed E-state index contributed by atoms with van der Waals surface area (Å²) in [5.41, 5.74) is 0.816. The molecule has 5 nitrogen and oxygen atoms in total. The first-order chi connectivity index (χ1) is 10.5. The molecule has 0 spiro atoms. The van der Waals surface area contributed by atoms with Crippen LogP contribution < -0.4 is 14.2 Å². The van der Waals surface area contributed by atoms with Gasteiger partial charge >= 0.3 is 5.97 Å². The number of rotatable bonds is 5. The lowest BCUT2D eigenvalue weighted by molar-refractivity contribution is 0.0731. The van der Waals surface area contributed by atoms with Gasteiger partial charge < -0.3 is 14.2 Å². The monoisotopic (exact) mass is 300 g/mol. The summed E-state index contributed by atoms with van der Waals surface area (Å²) in [5.74, 6) is 0.657. The van der Waals surface area contributed by atoms with Gasteiger partial charge in [0.2, 0.25) is 0 Å². The van der Waals surface area contributed by atoms with E-state index in [1.54, 1.807) is 42.5 Å². The Labute approximate surface area is 128 Å². The van der Waals surface area contributed by atoms with Crippen LogP contribution in [0.2, 0.25) is 0 Å². The van der Waals surface area contributed by atoms with Crippen LogP contribution in [-0.2, 0) is 0 Å². The summed E-state index contributed by atoms with van der Waals surface area (Å²) >= 11 is 0. The number of hydrogen-bond donors (Lipinski definition) is 0. The van der Waals surface area contributed by atoms with E-state index in [1.165, 1.54) is 21.1 Å². The SMILES string of the molecule is COc1ccc(OC)c(C(=O)Oc2ccc(C(C)=O)cc2)c1. The molecule has 0 amide bonds. The average molecular weight is 300 g/mol. The Morgan fingerprint density at radius 2 is 1.50 bits per heavy atom. The van der Waals surface area contributed by atoms with E-state index in [0.29, 0.717) is 22.8 Å². The highest BCUT2D eigenvalue weighted by Gasteiger charge is 2.16. The molecule has 0 saturated heterocycles. The minimum absolute atomic E-state index is 0.0488. The van der Waals surface area contributed by atoms with Crippen LogP contribution in [0.5, 0.6) is 17.2 Å². The number of esters is 1. The van der Waals surface area contributed by atoms with Crippen LogP contribution >= 0.6 is 0 Å². The molecule has 0 N–H and O–H groups in total. The van der Waals surface area contributed by atoms with Gasteiger partial charge in [0.15, 0.2) is 5.78 Å². The Hall–Kier alpha value is -2.82. The zero-order valence-electron chi connectivity index (χ0n) is 12.6. The van der Waals surface area contributed by atoms with Crippen molar-refractivity contribution in [3.63, 3.8) is 0 Å². The fourth-order valence-electron chi connectivity index (χ4n) is 1.89. The number of carbonyl (C=O) groups is 2. The molecule has 2 aromatic carbocycles. The predicted octanol–water partition coefficient (Wildman–Crippen LogP) is 3.13. The number of hydrogen-bond acceptors (Lipinski definition) is 5. The lowest BCUT2D eigenvalue weighted by Gasteiger charge is -2.10. The van der Waals surface area contributed by atoms with Gasteiger partial charge in [-0.2, -0.15) is 0 Å². The highest BCUT2D eigenvalue weighted by molar-refractivity contribution is 5.95. The largest absolute Gasteiger partial charge is 0.497 e. The lowest BCUT2D eigenvalue weighted by atomic mass is 10.1. The molecule has 0 atom stereocenters. The molecule has 0 aliphatic carbocycles. The minimum atomic E-state index is -0.564. The molecular formula is C17H16O5. The lowest BCUT2D eigenvalue weighted by Crippen LogP contribution is -2.10. The molecular weight excluding hydrogens is 284 g/mol. The van der Waals surface area contributed by atoms with Crippen LogP contribution in [0.1, 0.15) is 27.6 Å². The maximum atomic E-state index is 12.3. The van der Waals surface area contributed by atoms with Crippen molar-refractivity contribution in [2.24, 2.45) is 0 Å². The predicted molar refractivity (Wildman–Crippen MR) is 81.0 cm³/mol. The summed E-state index contributed by atoms with van der Waals surface area (Å²) in [5, 5.41) is 0. The summed E-state index contributed by atoms with van der Waals surface area (Å²) in [7, 11) is 2.98. The number of benzene rings is 2. The third-order valence-electron chi connectivity index (χ3n) is 3.10. The van der Waals surface area contributed by atoms with Crippen LogP contribution in [0.15, 0.2) is 42.5 Å². The van der Waals surface area contributed by atoms with Gasteiger partial charge in [-0.15, -0.1) is 0 Å². The molecule has 0 saturated carbocycles. The Kier molecular flexibility index (Phi) is 4.78. The van der Waals surface area contributed by atoms with E-state index in [1.807, 2.05) is 0 Å². The third-order valence-corrected chi connectivity index (χ3v) is 3.10. The normalized spacial score (nSPS) is 9.95. The molecule has 0 bridgehead atoms. The van der Waals surface area contributed by atoms with Gasteiger partial charge in [-0.3, -0.25) is 4.79 Å². The molecule has 0 radical (unpaired) electrons. The Bertz CT molecular complexity index is 689. The quantitative estimate of drug-likeness (QED) is 0.482. The zero-order valence-corrected chi connectivity index (χ0v) is 12.6. The molecule has 2 rings (SSSR count). The third kappa shape index (κ3) is 3.44. The highest BCUT2D eigenvalue weighted by atomic mass is 16.5. The molecule has 0 aliphatic heterocycles. The van der Waals surface area contributed by atoms with Gasteiger partial charge in [-0.1, -0.05) is 0 Å². The first-order valence-corrected chi connectivity index (χ1v) is 6.60. The van der Waals surface area contributed by atoms with Crippen molar-refractivity contribution >= 4 is 11.8 Å². The Morgan fingerprint density at radius 3 is 2.05 bits per heavy atom. The zero-order chi connectivity index (χ0) is 16.1. The van der Waals surface area contributed by atoms with Gasteiger partial charge in [0, 0.05) is 5.56 Å². The van der Waals surface area contributed by atoms with E-state index >= 15 is 0 Å². The second kappa shape index (κ2) is 6.76. The van der Waals surface area contributed by atoms with Gasteiger partial charge in [-0.25, -0.2) is 4.79 Å². The van der Waals surface area contributed by atoms with E-state index in [9.17, 15) is 9.59 Å². The fraction of sp³-hybridized carbons (Fsp3) is 0.176. The summed E-state index contributed by atoms with van der Waals surface area (Å²) in [6.45, 7) is 1.47. The summed E-state index contributed by atoms with van der Waals surface area (Å²) in [4.78, 5) is 23.5. The van der Waals surface area contributed by atoms with Crippen LogP contribution in [-0.4, -0.2) is 26.0 Å². The van der Waals surface area contributed by atoms with Crippen LogP contribution in [0.3, 0.4) is 0 Å². The van der Waals surface area contributed by atoms with E-state index in [2.05, 4.69) is 0 Å². The maximum Gasteiger partial charge on any atom is 0.347 e. The molecule has 0 fully saturated rings. The molecule has 22 heavy (non-hydrogen) atoms. The first kappa shape index (κ1) is 15.6. The number of ketones is 1. The van der Waals surface area contributed by atoms with Gasteiger partial charge in [-0.05, 0) is 49.4 Å². The van der Waals surface area contributed by atoms with Gasteiger partial charge in [0.05, 0.1) is 14.2 Å². The second-order valence-corrected chi connectivity index (χ2v) is 4.54. The fourth-order valence-corrected chi connectivity index (χ4v) is 1.89. The van der Waals surface area contributed by atoms with E-state index in [-0.39, 0.29) is 11.3 Å². The first-order valence-electron chi connectivity index (χ1n) is 6.60. The van der Waals surface area contributed by atoms with Crippen LogP contribution in [0.25, 0.3) is 0 Å². The molecule has 114 valence electrons. The summed E-state index contributed by atoms with van der Waals surface area (Å²) < 4.78 is 15.5. The van der Waals surface area contributed by atoms with E-state index in [0.717, 1.165) is 0 Å². The summed E-state index contributed by atoms with van der Waals surface area (Å²) in [6, 6.07) is 11.2. The maximum absolute atomic E-state index is 12.3. The number of ether oxygens (including phenoxy) is 3. The van der Waals surface area contributed by atoms with Crippen LogP contribution in [0, 0.1) is 0 Å². The Balaban J connectivity index is 2.23. The number of carbonyl (C=O) groups excluding carboxylic acids is 2. The Morgan fingerprint density at radius 1 is 0.864 bits per heavy atom. The molecule has 5 heteroatoms. The average Bonchev–Trinajstić information content (AvgIpc) is 2.54. The van der Waals surface area contributed by atoms with Crippen LogP contribution in [0.4, 0.5) is 0 Å². The highest BCUT2D eigenvalue weighted by Crippen LogP contribution is 2.25. The smallest absolute Gasteiger partial charge is 0.347 e. The van der Waals surface area contributed by atoms with Gasteiger partial charge in [0.25, 0.3) is 0 Å². The van der Waals surface area contributed by atoms with Crippen molar-refractivity contribution in [3.8, 4) is 17.2 Å². The molecule has 0 unspecified atom stereocenters. The standard InChI is InChI=1S/C17H16O5/c1-11(18)12-4-6-13(7-5-12)22-17(19)15-10-14(20-2)8-9-16(15)21-3/h4-10H,1-3H3. The van der Waals surface area contributed by atoms with Crippen molar-refractivity contribution in [1.29, 1.82) is 0 Å². The van der Waals surface area contributed by atoms with Crippen molar-refractivity contribution in [2.75, 3.05) is 14.2 Å². The summed E-state index contributed by atoms with van der Waals surface area (Å²) in [6.07, 6.45) is 0. The number of methoxy groups -OCH3 is 2. The van der Waals surface area contributed by atoms with Crippen molar-refractivity contribution in [2.45, 2.75) is 6.92 Å². The molecule has 0 heterocycles. The topological polar surface area (TPSA) is 61.8 Å². The van der Waals surface area contributed by atoms with E-state index < -0.39 is 5.97 Å². The van der Waals surface area contributed by atoms with Crippen molar-refractivity contribution in [3.05, 3.63) is 53.6 Å². The molecule has 0 aliphatic rings. The number of Topliss-reactive ketones (excluding diaryl/α,β-unsaturated/α-hetero) is 1. The molecule has 0 aromatic heterocycles. The van der Waals surface area contributed by atoms with Crippen molar-refractivity contribution < 1.29 is 23.8 Å². The van der Waals surface area contributed by atoms with Gasteiger partial charge in [0.1, 0.15) is 22.8 Å². The second-order valence-electron chi connectivity index (χ2n) is 4.54. The van der Waals surface area contributed by atoms with Crippen molar-refractivity contribution in [1.82, 2.24) is 0 Å². The minimum Gasteiger partial charge on any atom is -0.497 e. The molecule has 2 aromatic rings.